The van der Waals surface area contributed by atoms with E-state index in [0.29, 0.717) is 31.0 Å². The number of nitrogens with one attached hydrogen (secondary N) is 1. The van der Waals surface area contributed by atoms with Crippen molar-refractivity contribution in [3.05, 3.63) is 59.7 Å². The summed E-state index contributed by atoms with van der Waals surface area (Å²) in [5.41, 5.74) is 3.22. The number of rotatable bonds is 6. The highest BCUT2D eigenvalue weighted by Crippen LogP contribution is 2.21. The van der Waals surface area contributed by atoms with Gasteiger partial charge in [-0.25, -0.2) is 5.01 Å². The van der Waals surface area contributed by atoms with Gasteiger partial charge in [-0.3, -0.25) is 9.59 Å². The maximum Gasteiger partial charge on any atom is 0.267 e. The summed E-state index contributed by atoms with van der Waals surface area (Å²) in [4.78, 5) is 24.6. The molecule has 2 amide bonds. The van der Waals surface area contributed by atoms with Crippen molar-refractivity contribution in [3.8, 4) is 5.75 Å². The first-order chi connectivity index (χ1) is 13.0. The lowest BCUT2D eigenvalue weighted by Gasteiger charge is -2.23. The van der Waals surface area contributed by atoms with E-state index in [-0.39, 0.29) is 18.2 Å². The van der Waals surface area contributed by atoms with Gasteiger partial charge in [0.2, 0.25) is 5.91 Å². The molecule has 1 heterocycles. The van der Waals surface area contributed by atoms with Crippen LogP contribution in [0, 0.1) is 13.8 Å². The number of hydrazone groups is 1. The topological polar surface area (TPSA) is 71.0 Å². The predicted molar refractivity (Wildman–Crippen MR) is 105 cm³/mol. The highest BCUT2D eigenvalue weighted by molar-refractivity contribution is 6.40. The lowest BCUT2D eigenvalue weighted by atomic mass is 10.1. The molecule has 0 atom stereocenters. The Bertz CT molecular complexity index is 859. The molecule has 0 aliphatic carbocycles. The maximum absolute atomic E-state index is 12.4. The zero-order chi connectivity index (χ0) is 19.2. The standard InChI is InChI=1S/C21H23N3O3/c1-15-6-8-18(9-7-15)27-13-12-22-21(26)19-10-11-20(25)24(23-19)17-5-3-4-16(2)14-17/h3-9,14H,10-13H2,1-2H3,(H,22,26). The smallest absolute Gasteiger partial charge is 0.267 e. The third kappa shape index (κ3) is 4.94. The molecule has 3 rings (SSSR count). The van der Waals surface area contributed by atoms with Crippen LogP contribution in [-0.2, 0) is 9.59 Å². The number of hydrogen-bond acceptors (Lipinski definition) is 4. The number of benzene rings is 2. The van der Waals surface area contributed by atoms with Crippen molar-refractivity contribution in [1.29, 1.82) is 0 Å². The van der Waals surface area contributed by atoms with Gasteiger partial charge in [0, 0.05) is 12.8 Å². The van der Waals surface area contributed by atoms with E-state index in [0.717, 1.165) is 11.3 Å². The van der Waals surface area contributed by atoms with Gasteiger partial charge in [0.25, 0.3) is 5.91 Å². The van der Waals surface area contributed by atoms with Gasteiger partial charge in [0.05, 0.1) is 12.2 Å². The van der Waals surface area contributed by atoms with Crippen molar-refractivity contribution >= 4 is 23.2 Å². The van der Waals surface area contributed by atoms with Crippen LogP contribution < -0.4 is 15.1 Å². The van der Waals surface area contributed by atoms with Crippen LogP contribution in [0.15, 0.2) is 53.6 Å². The molecule has 0 unspecified atom stereocenters. The molecule has 1 aliphatic heterocycles. The van der Waals surface area contributed by atoms with Crippen molar-refractivity contribution in [2.75, 3.05) is 18.2 Å². The molecule has 27 heavy (non-hydrogen) atoms. The molecule has 1 aliphatic rings. The van der Waals surface area contributed by atoms with E-state index in [1.807, 2.05) is 62.4 Å². The van der Waals surface area contributed by atoms with Crippen molar-refractivity contribution < 1.29 is 14.3 Å². The van der Waals surface area contributed by atoms with Gasteiger partial charge in [-0.2, -0.15) is 5.10 Å². The van der Waals surface area contributed by atoms with Gasteiger partial charge in [0.15, 0.2) is 0 Å². The number of carbonyl (C=O) groups is 2. The summed E-state index contributed by atoms with van der Waals surface area (Å²) in [6, 6.07) is 15.2. The van der Waals surface area contributed by atoms with Gasteiger partial charge < -0.3 is 10.1 Å². The third-order valence-electron chi connectivity index (χ3n) is 4.22. The molecule has 0 aromatic heterocycles. The van der Waals surface area contributed by atoms with Crippen molar-refractivity contribution in [2.24, 2.45) is 5.10 Å². The van der Waals surface area contributed by atoms with Crippen LogP contribution in [0.25, 0.3) is 0 Å². The summed E-state index contributed by atoms with van der Waals surface area (Å²) in [5.74, 6) is 0.383. The molecule has 140 valence electrons. The Hall–Kier alpha value is -3.15. The molecule has 0 spiro atoms. The minimum absolute atomic E-state index is 0.111. The number of hydrogen-bond donors (Lipinski definition) is 1. The second-order valence-electron chi connectivity index (χ2n) is 6.51. The highest BCUT2D eigenvalue weighted by Gasteiger charge is 2.25. The number of ether oxygens (including phenoxy) is 1. The van der Waals surface area contributed by atoms with E-state index in [9.17, 15) is 9.59 Å². The fourth-order valence-corrected chi connectivity index (χ4v) is 2.75. The average Bonchev–Trinajstić information content (AvgIpc) is 2.67. The zero-order valence-corrected chi connectivity index (χ0v) is 15.6. The molecular weight excluding hydrogens is 342 g/mol. The van der Waals surface area contributed by atoms with E-state index in [2.05, 4.69) is 10.4 Å². The molecule has 6 heteroatoms. The molecule has 6 nitrogen and oxygen atoms in total. The molecule has 0 fully saturated rings. The molecule has 0 bridgehead atoms. The average molecular weight is 365 g/mol. The summed E-state index contributed by atoms with van der Waals surface area (Å²) in [7, 11) is 0. The van der Waals surface area contributed by atoms with E-state index >= 15 is 0 Å². The second kappa shape index (κ2) is 8.49. The van der Waals surface area contributed by atoms with E-state index in [1.165, 1.54) is 10.6 Å². The van der Waals surface area contributed by atoms with Crippen LogP contribution in [0.3, 0.4) is 0 Å². The lowest BCUT2D eigenvalue weighted by molar-refractivity contribution is -0.118. The first kappa shape index (κ1) is 18.6. The summed E-state index contributed by atoms with van der Waals surface area (Å²) in [6.07, 6.45) is 0.603. The van der Waals surface area contributed by atoms with Crippen LogP contribution in [-0.4, -0.2) is 30.7 Å². The van der Waals surface area contributed by atoms with Crippen LogP contribution in [0.2, 0.25) is 0 Å². The molecule has 1 N–H and O–H groups in total. The van der Waals surface area contributed by atoms with Crippen molar-refractivity contribution in [2.45, 2.75) is 26.7 Å². The zero-order valence-electron chi connectivity index (χ0n) is 15.6. The Morgan fingerprint density at radius 3 is 2.63 bits per heavy atom. The summed E-state index contributed by atoms with van der Waals surface area (Å²) in [5, 5.41) is 8.38. The fraction of sp³-hybridized carbons (Fsp3) is 0.286. The Morgan fingerprint density at radius 2 is 1.89 bits per heavy atom. The minimum Gasteiger partial charge on any atom is -0.492 e. The Balaban J connectivity index is 1.56. The van der Waals surface area contributed by atoms with E-state index < -0.39 is 0 Å². The van der Waals surface area contributed by atoms with Gasteiger partial charge in [-0.15, -0.1) is 0 Å². The SMILES string of the molecule is Cc1ccc(OCCNC(=O)C2=NN(c3cccc(C)c3)C(=O)CC2)cc1. The van der Waals surface area contributed by atoms with Crippen LogP contribution in [0.4, 0.5) is 5.69 Å². The summed E-state index contributed by atoms with van der Waals surface area (Å²) < 4.78 is 5.60. The minimum atomic E-state index is -0.271. The highest BCUT2D eigenvalue weighted by atomic mass is 16.5. The number of anilines is 1. The molecule has 2 aromatic carbocycles. The largest absolute Gasteiger partial charge is 0.492 e. The first-order valence-corrected chi connectivity index (χ1v) is 8.98. The maximum atomic E-state index is 12.4. The monoisotopic (exact) mass is 365 g/mol. The first-order valence-electron chi connectivity index (χ1n) is 8.98. The quantitative estimate of drug-likeness (QED) is 0.800. The normalized spacial score (nSPS) is 13.9. The third-order valence-corrected chi connectivity index (χ3v) is 4.22. The van der Waals surface area contributed by atoms with Gasteiger partial charge in [0.1, 0.15) is 18.1 Å². The molecule has 2 aromatic rings. The lowest BCUT2D eigenvalue weighted by Crippen LogP contribution is -2.40. The summed E-state index contributed by atoms with van der Waals surface area (Å²) >= 11 is 0. The molecule has 0 saturated carbocycles. The predicted octanol–water partition coefficient (Wildman–Crippen LogP) is 2.98. The van der Waals surface area contributed by atoms with Gasteiger partial charge in [-0.1, -0.05) is 29.8 Å². The van der Waals surface area contributed by atoms with Gasteiger partial charge in [-0.05, 0) is 43.7 Å². The van der Waals surface area contributed by atoms with E-state index in [4.69, 9.17) is 4.74 Å². The van der Waals surface area contributed by atoms with Crippen LogP contribution in [0.1, 0.15) is 24.0 Å². The number of amides is 2. The Morgan fingerprint density at radius 1 is 1.11 bits per heavy atom. The number of nitrogens with zero attached hydrogens (tertiary/aromatic N) is 2. The molecular formula is C21H23N3O3. The van der Waals surface area contributed by atoms with E-state index in [1.54, 1.807) is 0 Å². The van der Waals surface area contributed by atoms with Crippen LogP contribution >= 0.6 is 0 Å². The Kier molecular flexibility index (Phi) is 5.86. The fourth-order valence-electron chi connectivity index (χ4n) is 2.75. The van der Waals surface area contributed by atoms with Crippen LogP contribution in [0.5, 0.6) is 5.75 Å². The Labute approximate surface area is 158 Å². The number of aryl methyl sites for hydroxylation is 2. The van der Waals surface area contributed by atoms with Crippen molar-refractivity contribution in [3.63, 3.8) is 0 Å². The number of carbonyl (C=O) groups excluding carboxylic acids is 2. The molecule has 0 radical (unpaired) electrons. The van der Waals surface area contributed by atoms with Crippen molar-refractivity contribution in [1.82, 2.24) is 5.32 Å². The summed E-state index contributed by atoms with van der Waals surface area (Å²) in [6.45, 7) is 4.69. The molecule has 0 saturated heterocycles. The van der Waals surface area contributed by atoms with Gasteiger partial charge >= 0.3 is 0 Å². The second-order valence-corrected chi connectivity index (χ2v) is 6.51.